The molecule has 2 rings (SSSR count). The number of benzene rings is 2. The van der Waals surface area contributed by atoms with E-state index in [0.29, 0.717) is 28.7 Å². The van der Waals surface area contributed by atoms with Crippen molar-refractivity contribution < 1.29 is 9.53 Å². The second-order valence-electron chi connectivity index (χ2n) is 4.39. The van der Waals surface area contributed by atoms with Crippen LogP contribution in [0.2, 0.25) is 5.02 Å². The molecule has 0 heterocycles. The number of carbonyl (C=O) groups is 1. The van der Waals surface area contributed by atoms with Gasteiger partial charge in [0.1, 0.15) is 5.75 Å². The second-order valence-corrected chi connectivity index (χ2v) is 4.83. The summed E-state index contributed by atoms with van der Waals surface area (Å²) in [5.41, 5.74) is 7.71. The number of halogens is 1. The molecule has 0 saturated heterocycles. The Bertz CT molecular complexity index is 647. The standard InChI is InChI=1S/C15H16ClN3O2/c1-21-12-5-6-14(13(17)8-12)19-15(20)18-9-10-3-2-4-11(16)7-10/h2-8H,9,17H2,1H3,(H2,18,19,20). The van der Waals surface area contributed by atoms with Crippen LogP contribution in [0.15, 0.2) is 42.5 Å². The van der Waals surface area contributed by atoms with E-state index < -0.39 is 0 Å². The molecule has 6 heteroatoms. The molecule has 2 aromatic rings. The Hall–Kier alpha value is -2.40. The molecule has 0 fully saturated rings. The van der Waals surface area contributed by atoms with Crippen molar-refractivity contribution in [3.63, 3.8) is 0 Å². The predicted octanol–water partition coefficient (Wildman–Crippen LogP) is 3.25. The molecule has 0 aliphatic heterocycles. The molecule has 2 aromatic carbocycles. The summed E-state index contributed by atoms with van der Waals surface area (Å²) in [4.78, 5) is 11.8. The molecule has 0 bridgehead atoms. The van der Waals surface area contributed by atoms with E-state index in [1.807, 2.05) is 12.1 Å². The summed E-state index contributed by atoms with van der Waals surface area (Å²) in [5.74, 6) is 0.636. The van der Waals surface area contributed by atoms with Crippen molar-refractivity contribution in [3.8, 4) is 5.75 Å². The quantitative estimate of drug-likeness (QED) is 0.759. The van der Waals surface area contributed by atoms with Gasteiger partial charge in [-0.1, -0.05) is 23.7 Å². The van der Waals surface area contributed by atoms with E-state index in [1.165, 1.54) is 0 Å². The number of anilines is 2. The summed E-state index contributed by atoms with van der Waals surface area (Å²) in [5, 5.41) is 6.05. The molecule has 0 aliphatic carbocycles. The Labute approximate surface area is 128 Å². The number of rotatable bonds is 4. The lowest BCUT2D eigenvalue weighted by molar-refractivity contribution is 0.251. The first kappa shape index (κ1) is 15.0. The highest BCUT2D eigenvalue weighted by atomic mass is 35.5. The van der Waals surface area contributed by atoms with Crippen LogP contribution >= 0.6 is 11.6 Å². The summed E-state index contributed by atoms with van der Waals surface area (Å²) in [6, 6.07) is 12.0. The van der Waals surface area contributed by atoms with Crippen molar-refractivity contribution >= 4 is 29.0 Å². The summed E-state index contributed by atoms with van der Waals surface area (Å²) < 4.78 is 5.05. The maximum atomic E-state index is 11.8. The lowest BCUT2D eigenvalue weighted by atomic mass is 10.2. The van der Waals surface area contributed by atoms with Crippen molar-refractivity contribution in [1.29, 1.82) is 0 Å². The van der Waals surface area contributed by atoms with E-state index in [9.17, 15) is 4.79 Å². The molecular formula is C15H16ClN3O2. The van der Waals surface area contributed by atoms with Crippen molar-refractivity contribution in [1.82, 2.24) is 5.32 Å². The molecule has 4 N–H and O–H groups in total. The largest absolute Gasteiger partial charge is 0.497 e. The second kappa shape index (κ2) is 6.85. The first-order valence-electron chi connectivity index (χ1n) is 6.31. The number of nitrogens with one attached hydrogen (secondary N) is 2. The Balaban J connectivity index is 1.93. The topological polar surface area (TPSA) is 76.4 Å². The zero-order valence-electron chi connectivity index (χ0n) is 11.5. The fraction of sp³-hybridized carbons (Fsp3) is 0.133. The van der Waals surface area contributed by atoms with Crippen LogP contribution in [0.5, 0.6) is 5.75 Å². The van der Waals surface area contributed by atoms with Gasteiger partial charge in [-0.15, -0.1) is 0 Å². The van der Waals surface area contributed by atoms with Crippen molar-refractivity contribution in [2.45, 2.75) is 6.54 Å². The Morgan fingerprint density at radius 1 is 1.29 bits per heavy atom. The normalized spacial score (nSPS) is 10.0. The van der Waals surface area contributed by atoms with Gasteiger partial charge in [0.2, 0.25) is 0 Å². The molecule has 0 aromatic heterocycles. The Kier molecular flexibility index (Phi) is 4.90. The van der Waals surface area contributed by atoms with Gasteiger partial charge in [0.05, 0.1) is 18.5 Å². The maximum absolute atomic E-state index is 11.8. The van der Waals surface area contributed by atoms with Crippen molar-refractivity contribution in [3.05, 3.63) is 53.1 Å². The lowest BCUT2D eigenvalue weighted by Gasteiger charge is -2.11. The zero-order chi connectivity index (χ0) is 15.2. The summed E-state index contributed by atoms with van der Waals surface area (Å²) in [6.07, 6.45) is 0. The van der Waals surface area contributed by atoms with Gasteiger partial charge in [-0.05, 0) is 29.8 Å². The SMILES string of the molecule is COc1ccc(NC(=O)NCc2cccc(Cl)c2)c(N)c1. The Morgan fingerprint density at radius 2 is 2.10 bits per heavy atom. The third kappa shape index (κ3) is 4.29. The van der Waals surface area contributed by atoms with Crippen LogP contribution in [-0.4, -0.2) is 13.1 Å². The first-order valence-corrected chi connectivity index (χ1v) is 6.69. The first-order chi connectivity index (χ1) is 10.1. The molecule has 0 radical (unpaired) electrons. The van der Waals surface area contributed by atoms with E-state index in [1.54, 1.807) is 37.4 Å². The van der Waals surface area contributed by atoms with Crippen LogP contribution in [0.4, 0.5) is 16.2 Å². The van der Waals surface area contributed by atoms with E-state index in [-0.39, 0.29) is 6.03 Å². The number of nitrogen functional groups attached to an aromatic ring is 1. The van der Waals surface area contributed by atoms with Gasteiger partial charge >= 0.3 is 6.03 Å². The third-order valence-electron chi connectivity index (χ3n) is 2.85. The minimum Gasteiger partial charge on any atom is -0.497 e. The number of amides is 2. The maximum Gasteiger partial charge on any atom is 0.319 e. The summed E-state index contributed by atoms with van der Waals surface area (Å²) in [6.45, 7) is 0.377. The molecule has 0 unspecified atom stereocenters. The van der Waals surface area contributed by atoms with E-state index in [0.717, 1.165) is 5.56 Å². The molecule has 21 heavy (non-hydrogen) atoms. The van der Waals surface area contributed by atoms with Gasteiger partial charge in [-0.2, -0.15) is 0 Å². The van der Waals surface area contributed by atoms with Crippen LogP contribution in [0.1, 0.15) is 5.56 Å². The molecule has 2 amide bonds. The lowest BCUT2D eigenvalue weighted by Crippen LogP contribution is -2.28. The van der Waals surface area contributed by atoms with E-state index in [2.05, 4.69) is 10.6 Å². The number of hydrogen-bond acceptors (Lipinski definition) is 3. The smallest absolute Gasteiger partial charge is 0.319 e. The van der Waals surface area contributed by atoms with Crippen LogP contribution in [-0.2, 0) is 6.54 Å². The minimum absolute atomic E-state index is 0.341. The number of hydrogen-bond donors (Lipinski definition) is 3. The van der Waals surface area contributed by atoms with E-state index >= 15 is 0 Å². The number of carbonyl (C=O) groups excluding carboxylic acids is 1. The van der Waals surface area contributed by atoms with Gasteiger partial charge in [-0.25, -0.2) is 4.79 Å². The monoisotopic (exact) mass is 305 g/mol. The highest BCUT2D eigenvalue weighted by molar-refractivity contribution is 6.30. The van der Waals surface area contributed by atoms with Crippen molar-refractivity contribution in [2.75, 3.05) is 18.2 Å². The molecule has 0 aliphatic rings. The summed E-state index contributed by atoms with van der Waals surface area (Å²) in [7, 11) is 1.56. The summed E-state index contributed by atoms with van der Waals surface area (Å²) >= 11 is 5.88. The molecule has 0 spiro atoms. The predicted molar refractivity (Wildman–Crippen MR) is 84.7 cm³/mol. The Morgan fingerprint density at radius 3 is 2.76 bits per heavy atom. The van der Waals surface area contributed by atoms with Gasteiger partial charge in [-0.3, -0.25) is 0 Å². The minimum atomic E-state index is -0.341. The van der Waals surface area contributed by atoms with Crippen LogP contribution < -0.4 is 21.1 Å². The number of urea groups is 1. The van der Waals surface area contributed by atoms with Crippen LogP contribution in [0.3, 0.4) is 0 Å². The molecular weight excluding hydrogens is 290 g/mol. The molecule has 5 nitrogen and oxygen atoms in total. The number of methoxy groups -OCH3 is 1. The van der Waals surface area contributed by atoms with Gasteiger partial charge in [0, 0.05) is 17.6 Å². The average Bonchev–Trinajstić information content (AvgIpc) is 2.47. The fourth-order valence-electron chi connectivity index (χ4n) is 1.78. The molecule has 0 saturated carbocycles. The number of nitrogens with two attached hydrogens (primary N) is 1. The highest BCUT2D eigenvalue weighted by Crippen LogP contribution is 2.23. The van der Waals surface area contributed by atoms with E-state index in [4.69, 9.17) is 22.1 Å². The van der Waals surface area contributed by atoms with Crippen LogP contribution in [0, 0.1) is 0 Å². The average molecular weight is 306 g/mol. The highest BCUT2D eigenvalue weighted by Gasteiger charge is 2.06. The zero-order valence-corrected chi connectivity index (χ0v) is 12.3. The fourth-order valence-corrected chi connectivity index (χ4v) is 1.99. The van der Waals surface area contributed by atoms with Gasteiger partial charge in [0.25, 0.3) is 0 Å². The third-order valence-corrected chi connectivity index (χ3v) is 3.08. The molecule has 0 atom stereocenters. The van der Waals surface area contributed by atoms with Gasteiger partial charge in [0.15, 0.2) is 0 Å². The number of ether oxygens (including phenoxy) is 1. The van der Waals surface area contributed by atoms with Gasteiger partial charge < -0.3 is 21.1 Å². The van der Waals surface area contributed by atoms with Crippen LogP contribution in [0.25, 0.3) is 0 Å². The van der Waals surface area contributed by atoms with Crippen molar-refractivity contribution in [2.24, 2.45) is 0 Å². The molecule has 110 valence electrons.